The van der Waals surface area contributed by atoms with Crippen LogP contribution in [-0.4, -0.2) is 46.4 Å². The molecule has 14 rings (SSSR count). The fraction of sp³-hybridized carbons (Fsp3) is 0.0294. The van der Waals surface area contributed by atoms with Gasteiger partial charge in [0.1, 0.15) is 11.6 Å². The number of hydrogen-bond acceptors (Lipinski definition) is 8. The zero-order valence-corrected chi connectivity index (χ0v) is 42.9. The van der Waals surface area contributed by atoms with E-state index in [1.165, 1.54) is 0 Å². The van der Waals surface area contributed by atoms with E-state index >= 15 is 0 Å². The second-order valence-electron chi connectivity index (χ2n) is 19.4. The Morgan fingerprint density at radius 3 is 1.46 bits per heavy atom. The van der Waals surface area contributed by atoms with Crippen LogP contribution in [0.1, 0.15) is 22.3 Å². The van der Waals surface area contributed by atoms with E-state index in [0.29, 0.717) is 28.3 Å². The lowest BCUT2D eigenvalue weighted by atomic mass is 9.96. The van der Waals surface area contributed by atoms with E-state index in [1.807, 2.05) is 135 Å². The Labute approximate surface area is 454 Å². The predicted molar refractivity (Wildman–Crippen MR) is 321 cm³/mol. The molecular weight excluding hydrogens is 971 g/mol. The number of nitrogens with two attached hydrogens (primary N) is 1. The monoisotopic (exact) mass is 1020 g/mol. The summed E-state index contributed by atoms with van der Waals surface area (Å²) in [5, 5.41) is 18.7. The van der Waals surface area contributed by atoms with Crippen molar-refractivity contribution in [2.75, 3.05) is 11.9 Å². The highest BCUT2D eigenvalue weighted by Gasteiger charge is 2.35. The van der Waals surface area contributed by atoms with Crippen LogP contribution in [0, 0.1) is 11.3 Å². The van der Waals surface area contributed by atoms with Gasteiger partial charge in [0.15, 0.2) is 0 Å². The number of rotatable bonds is 11. The number of aliphatic imine (C=N–C) groups is 1. The van der Waals surface area contributed by atoms with Crippen molar-refractivity contribution in [2.45, 2.75) is 6.54 Å². The van der Waals surface area contributed by atoms with Crippen molar-refractivity contribution in [1.82, 2.24) is 33.6 Å². The van der Waals surface area contributed by atoms with Crippen LogP contribution in [0.4, 0.5) is 11.4 Å². The number of hydrogen-bond donors (Lipinski definition) is 1. The molecule has 0 saturated carbocycles. The van der Waals surface area contributed by atoms with Crippen molar-refractivity contribution in [1.29, 1.82) is 5.26 Å². The molecule has 14 aromatic rings. The average Bonchev–Trinajstić information content (AvgIpc) is 4.32. The first kappa shape index (κ1) is 46.6. The van der Waals surface area contributed by atoms with Gasteiger partial charge in [-0.2, -0.15) is 5.26 Å². The molecule has 0 bridgehead atoms. The molecule has 0 amide bonds. The van der Waals surface area contributed by atoms with E-state index in [0.717, 1.165) is 110 Å². The number of pyridine rings is 4. The van der Waals surface area contributed by atoms with E-state index in [-0.39, 0.29) is 6.54 Å². The van der Waals surface area contributed by atoms with E-state index in [4.69, 9.17) is 30.7 Å². The number of para-hydroxylation sites is 3. The highest BCUT2D eigenvalue weighted by Crippen LogP contribution is 2.50. The van der Waals surface area contributed by atoms with Gasteiger partial charge in [-0.05, 0) is 65.2 Å². The van der Waals surface area contributed by atoms with Crippen LogP contribution in [0.3, 0.4) is 0 Å². The quantitative estimate of drug-likeness (QED) is 0.128. The lowest BCUT2D eigenvalue weighted by molar-refractivity contribution is 0.961. The number of nitrogens with zero attached hydrogens (tertiary/aromatic N) is 10. The Bertz CT molecular complexity index is 4630. The van der Waals surface area contributed by atoms with Crippen LogP contribution in [0.15, 0.2) is 249 Å². The summed E-state index contributed by atoms with van der Waals surface area (Å²) in [5.74, 6) is 0. The van der Waals surface area contributed by atoms with Gasteiger partial charge in [-0.25, -0.2) is 0 Å². The largest absolute Gasteiger partial charge is 0.398 e. The lowest BCUT2D eigenvalue weighted by Gasteiger charge is -2.32. The maximum Gasteiger partial charge on any atom is 0.104 e. The third kappa shape index (κ3) is 7.61. The highest BCUT2D eigenvalue weighted by molar-refractivity contribution is 6.15. The third-order valence-corrected chi connectivity index (χ3v) is 15.2. The number of fused-ring (bicyclic) bond motifs is 9. The summed E-state index contributed by atoms with van der Waals surface area (Å²) in [6.45, 7) is 0.0868. The van der Waals surface area contributed by atoms with Gasteiger partial charge < -0.3 is 24.3 Å². The summed E-state index contributed by atoms with van der Waals surface area (Å²) >= 11 is 0. The molecule has 0 aliphatic heterocycles. The fourth-order valence-electron chi connectivity index (χ4n) is 11.7. The summed E-state index contributed by atoms with van der Waals surface area (Å²) < 4.78 is 6.82. The Hall–Kier alpha value is -11.0. The molecule has 11 heteroatoms. The second-order valence-corrected chi connectivity index (χ2v) is 19.4. The van der Waals surface area contributed by atoms with Crippen LogP contribution in [-0.2, 0) is 6.54 Å². The molecule has 79 heavy (non-hydrogen) atoms. The van der Waals surface area contributed by atoms with Gasteiger partial charge in [0, 0.05) is 81.0 Å². The highest BCUT2D eigenvalue weighted by atomic mass is 15.2. The molecule has 0 atom stereocenters. The number of nitriles is 1. The molecule has 0 saturated heterocycles. The molecule has 7 aromatic heterocycles. The van der Waals surface area contributed by atoms with E-state index < -0.39 is 0 Å². The number of allylic oxidation sites excluding steroid dienone is 1. The molecule has 11 nitrogen and oxygen atoms in total. The van der Waals surface area contributed by atoms with Crippen LogP contribution in [0.5, 0.6) is 0 Å². The topological polar surface area (TPSA) is 132 Å². The summed E-state index contributed by atoms with van der Waals surface area (Å²) in [6, 6.07) is 66.9. The Morgan fingerprint density at radius 2 is 0.924 bits per heavy atom. The van der Waals surface area contributed by atoms with Crippen LogP contribution in [0.2, 0.25) is 0 Å². The minimum Gasteiger partial charge on any atom is -0.398 e. The summed E-state index contributed by atoms with van der Waals surface area (Å²) in [5.41, 5.74) is 22.0. The molecule has 0 aliphatic rings. The van der Waals surface area contributed by atoms with Crippen molar-refractivity contribution >= 4 is 88.2 Å². The molecule has 0 fully saturated rings. The van der Waals surface area contributed by atoms with Crippen LogP contribution >= 0.6 is 0 Å². The van der Waals surface area contributed by atoms with Gasteiger partial charge in [-0.15, -0.1) is 0 Å². The predicted octanol–water partition coefficient (Wildman–Crippen LogP) is 14.9. The molecule has 0 unspecified atom stereocenters. The molecule has 0 radical (unpaired) electrons. The maximum absolute atomic E-state index is 12.7. The number of benzene rings is 7. The third-order valence-electron chi connectivity index (χ3n) is 15.2. The molecule has 2 N–H and O–H groups in total. The van der Waals surface area contributed by atoms with E-state index in [2.05, 4.69) is 140 Å². The van der Waals surface area contributed by atoms with Gasteiger partial charge in [0.05, 0.1) is 98.6 Å². The maximum atomic E-state index is 12.7. The van der Waals surface area contributed by atoms with Crippen LogP contribution in [0.25, 0.3) is 99.3 Å². The fourth-order valence-corrected chi connectivity index (χ4v) is 11.7. The Balaban J connectivity index is 1.25. The van der Waals surface area contributed by atoms with E-state index in [1.54, 1.807) is 0 Å². The van der Waals surface area contributed by atoms with Crippen molar-refractivity contribution in [2.24, 2.45) is 10.7 Å². The molecule has 0 aliphatic carbocycles. The van der Waals surface area contributed by atoms with Gasteiger partial charge >= 0.3 is 0 Å². The molecule has 7 aromatic carbocycles. The zero-order valence-electron chi connectivity index (χ0n) is 42.9. The molecule has 374 valence electrons. The number of aromatic nitrogens is 7. The smallest absolute Gasteiger partial charge is 0.104 e. The first-order valence-electron chi connectivity index (χ1n) is 26.1. The first-order chi connectivity index (χ1) is 39.1. The van der Waals surface area contributed by atoms with Gasteiger partial charge in [0.2, 0.25) is 0 Å². The normalized spacial score (nSPS) is 12.1. The first-order valence-corrected chi connectivity index (χ1v) is 26.1. The van der Waals surface area contributed by atoms with E-state index in [9.17, 15) is 5.26 Å². The van der Waals surface area contributed by atoms with Crippen molar-refractivity contribution < 1.29 is 0 Å². The summed E-state index contributed by atoms with van der Waals surface area (Å²) in [7, 11) is 2.04. The van der Waals surface area contributed by atoms with Crippen molar-refractivity contribution in [3.63, 3.8) is 0 Å². The minimum atomic E-state index is 0.0868. The second kappa shape index (κ2) is 19.3. The summed E-state index contributed by atoms with van der Waals surface area (Å²) in [6.07, 6.45) is 16.9. The zero-order chi connectivity index (χ0) is 53.0. The van der Waals surface area contributed by atoms with Gasteiger partial charge in [-0.3, -0.25) is 24.9 Å². The van der Waals surface area contributed by atoms with Crippen molar-refractivity contribution in [3.8, 4) is 34.3 Å². The lowest BCUT2D eigenvalue weighted by Crippen LogP contribution is -2.21. The SMILES string of the molecule is CN(c1cnccc1-c1ccccc1)c1c(C#N)c(-n2c3ccccc3c3ccncc32)c(-n2c3ccccc3c3ccncc32)c(CN=C(/C=C(\N)c2ccccc2)c2ccccc2)c1-n1c2ccccc2c2ccncc21. The standard InChI is InChI=1S/C68H47N11/c1-76(61-40-71-33-29-47(61)44-17-5-2-6-18-44)65-54(38-69)66(77-58-26-14-11-23-48(58)51-30-34-72-41-62(51)77)68(79-60-28-16-13-25-50(60)53-32-36-74-43-64(53)79)55(67(65)78-59-27-15-12-24-49(59)52-31-35-73-42-63(52)78)39-75-57(46-21-9-4-10-22-46)37-56(70)45-19-7-3-8-20-45/h2-37,40-43H,39,70H2,1H3/b56-37-,75-57?. The Morgan fingerprint density at radius 1 is 0.494 bits per heavy atom. The average molecular weight is 1020 g/mol. The molecular formula is C68H47N11. The minimum absolute atomic E-state index is 0.0868. The Kier molecular flexibility index (Phi) is 11.4. The summed E-state index contributed by atoms with van der Waals surface area (Å²) in [4.78, 5) is 27.2. The van der Waals surface area contributed by atoms with Crippen molar-refractivity contribution in [3.05, 3.63) is 266 Å². The van der Waals surface area contributed by atoms with Gasteiger partial charge in [0.25, 0.3) is 0 Å². The van der Waals surface area contributed by atoms with Gasteiger partial charge in [-0.1, -0.05) is 146 Å². The number of anilines is 2. The molecule has 7 heterocycles. The molecule has 0 spiro atoms. The van der Waals surface area contributed by atoms with Crippen LogP contribution < -0.4 is 10.6 Å².